The highest BCUT2D eigenvalue weighted by Crippen LogP contribution is 2.52. The van der Waals surface area contributed by atoms with Crippen LogP contribution in [0.5, 0.6) is 0 Å². The molecule has 5 heteroatoms. The van der Waals surface area contributed by atoms with Gasteiger partial charge < -0.3 is 13.4 Å². The van der Waals surface area contributed by atoms with Crippen LogP contribution < -0.4 is 0 Å². The Kier molecular flexibility index (Phi) is 8.93. The molecule has 0 saturated carbocycles. The Morgan fingerprint density at radius 2 is 1.10 bits per heavy atom. The molecule has 0 amide bonds. The lowest BCUT2D eigenvalue weighted by Crippen LogP contribution is -2.15. The van der Waals surface area contributed by atoms with E-state index in [1.165, 1.54) is 49.5 Å². The van der Waals surface area contributed by atoms with E-state index in [9.17, 15) is 0 Å². The largest absolute Gasteiger partial charge is 0.456 e. The van der Waals surface area contributed by atoms with Gasteiger partial charge >= 0.3 is 0 Å². The Bertz CT molecular complexity index is 4120. The molecule has 0 unspecified atom stereocenters. The number of hydrogen-bond acceptors (Lipinski definition) is 3. The smallest absolute Gasteiger partial charge is 0.160 e. The highest BCUT2D eigenvalue weighted by Gasteiger charge is 2.36. The van der Waals surface area contributed by atoms with Gasteiger partial charge in [-0.1, -0.05) is 143 Å². The van der Waals surface area contributed by atoms with Crippen molar-refractivity contribution in [1.29, 1.82) is 0 Å². The van der Waals surface area contributed by atoms with Crippen LogP contribution in [0.1, 0.15) is 55.0 Å². The molecule has 68 heavy (non-hydrogen) atoms. The van der Waals surface area contributed by atoms with Crippen LogP contribution in [0.25, 0.3) is 99.3 Å². The fraction of sp³-hybridized carbons (Fsp3) is 0.0794. The fourth-order valence-corrected chi connectivity index (χ4v) is 10.7. The average molecular weight is 876 g/mol. The first-order valence-electron chi connectivity index (χ1n) is 23.4. The number of aromatic nitrogens is 1. The summed E-state index contributed by atoms with van der Waals surface area (Å²) in [4.78, 5) is 10.5. The number of hydrogen-bond donors (Lipinski definition) is 0. The van der Waals surface area contributed by atoms with Gasteiger partial charge in [0.05, 0.1) is 16.7 Å². The van der Waals surface area contributed by atoms with Gasteiger partial charge in [0, 0.05) is 60.3 Å². The molecule has 0 radical (unpaired) electrons. The Morgan fingerprint density at radius 3 is 1.90 bits per heavy atom. The van der Waals surface area contributed by atoms with Gasteiger partial charge in [0.15, 0.2) is 5.84 Å². The highest BCUT2D eigenvalue weighted by molar-refractivity contribution is 6.15. The number of rotatable bonds is 7. The third-order valence-electron chi connectivity index (χ3n) is 14.2. The summed E-state index contributed by atoms with van der Waals surface area (Å²) in [6.07, 6.45) is 0.706. The summed E-state index contributed by atoms with van der Waals surface area (Å²) < 4.78 is 14.9. The average Bonchev–Trinajstić information content (AvgIpc) is 4.10. The van der Waals surface area contributed by atoms with Crippen molar-refractivity contribution in [2.45, 2.75) is 32.6 Å². The molecule has 1 aliphatic rings. The summed E-state index contributed by atoms with van der Waals surface area (Å²) in [6, 6.07) is 68.8. The van der Waals surface area contributed by atoms with Gasteiger partial charge in [0.25, 0.3) is 0 Å². The van der Waals surface area contributed by atoms with Crippen molar-refractivity contribution in [1.82, 2.24) is 4.57 Å². The molecular weight excluding hydrogens is 831 g/mol. The van der Waals surface area contributed by atoms with E-state index in [1.54, 1.807) is 0 Å². The number of benzene rings is 9. The molecule has 9 aromatic carbocycles. The van der Waals surface area contributed by atoms with Crippen molar-refractivity contribution in [3.8, 4) is 27.9 Å². The molecule has 3 heterocycles. The lowest BCUT2D eigenvalue weighted by atomic mass is 9.81. The number of para-hydroxylation sites is 3. The van der Waals surface area contributed by atoms with Crippen LogP contribution in [0, 0.1) is 0 Å². The molecule has 0 bridgehead atoms. The SMILES string of the molecule is C=C(N=C(N=C(CC)c1cccc(-n2c3ccccc3c3cc(-c4ccc5c(c4)C(C)(C)c4cc6oc7ccccc7c6cc4-5)ccc32)c1)c1ccccc1)c1ccc2oc3ccccc3c2c1. The summed E-state index contributed by atoms with van der Waals surface area (Å²) in [5.74, 6) is 0.613. The predicted octanol–water partition coefficient (Wildman–Crippen LogP) is 16.9. The summed E-state index contributed by atoms with van der Waals surface area (Å²) in [5.41, 5.74) is 18.8. The number of aliphatic imine (C=N–C) groups is 2. The first-order chi connectivity index (χ1) is 33.3. The van der Waals surface area contributed by atoms with Gasteiger partial charge in [0.1, 0.15) is 22.3 Å². The highest BCUT2D eigenvalue weighted by atomic mass is 16.3. The lowest BCUT2D eigenvalue weighted by molar-refractivity contribution is 0.647. The van der Waals surface area contributed by atoms with Gasteiger partial charge in [-0.2, -0.15) is 0 Å². The standard InChI is InChI=1S/C63H45N3O2/c1-5-55(65-62(39-16-7-6-8-17-39)64-38(2)40-28-31-60-51(33-40)47-21-10-13-24-58(47)67-60)43-18-15-19-44(32-43)66-56-23-12-9-20-46(56)50-34-41(27-30-57(50)66)42-26-29-45-49-36-52-48-22-11-14-25-59(48)68-61(52)37-54(49)63(3,4)53(45)35-42/h6-37H,2,5H2,1,3-4H3. The third-order valence-corrected chi connectivity index (χ3v) is 14.2. The molecule has 0 aliphatic heterocycles. The molecule has 13 rings (SSSR count). The van der Waals surface area contributed by atoms with E-state index < -0.39 is 0 Å². The summed E-state index contributed by atoms with van der Waals surface area (Å²) in [6.45, 7) is 11.3. The first-order valence-corrected chi connectivity index (χ1v) is 23.4. The van der Waals surface area contributed by atoms with Crippen molar-refractivity contribution in [2.24, 2.45) is 9.98 Å². The van der Waals surface area contributed by atoms with Crippen molar-refractivity contribution in [3.63, 3.8) is 0 Å². The monoisotopic (exact) mass is 875 g/mol. The lowest BCUT2D eigenvalue weighted by Gasteiger charge is -2.22. The second-order valence-corrected chi connectivity index (χ2v) is 18.5. The van der Waals surface area contributed by atoms with Crippen molar-refractivity contribution >= 4 is 82.9 Å². The van der Waals surface area contributed by atoms with E-state index in [4.69, 9.17) is 18.8 Å². The minimum absolute atomic E-state index is 0.188. The van der Waals surface area contributed by atoms with E-state index in [0.29, 0.717) is 18.0 Å². The molecule has 0 saturated heterocycles. The first kappa shape index (κ1) is 39.8. The van der Waals surface area contributed by atoms with Gasteiger partial charge in [-0.25, -0.2) is 9.98 Å². The van der Waals surface area contributed by atoms with E-state index in [2.05, 4.69) is 171 Å². The van der Waals surface area contributed by atoms with Crippen LogP contribution in [0.3, 0.4) is 0 Å². The molecule has 0 fully saturated rings. The molecule has 5 nitrogen and oxygen atoms in total. The zero-order chi connectivity index (χ0) is 45.7. The summed E-state index contributed by atoms with van der Waals surface area (Å²) in [7, 11) is 0. The molecule has 0 atom stereocenters. The molecule has 3 aromatic heterocycles. The Morgan fingerprint density at radius 1 is 0.471 bits per heavy atom. The van der Waals surface area contributed by atoms with Gasteiger partial charge in [-0.3, -0.25) is 0 Å². The number of amidine groups is 1. The van der Waals surface area contributed by atoms with Crippen LogP contribution in [-0.4, -0.2) is 16.1 Å². The normalized spacial score (nSPS) is 13.6. The van der Waals surface area contributed by atoms with Crippen LogP contribution in [0.2, 0.25) is 0 Å². The third kappa shape index (κ3) is 6.23. The summed E-state index contributed by atoms with van der Waals surface area (Å²) >= 11 is 0. The molecule has 12 aromatic rings. The topological polar surface area (TPSA) is 55.9 Å². The summed E-state index contributed by atoms with van der Waals surface area (Å²) in [5, 5.41) is 6.85. The minimum atomic E-state index is -0.188. The second-order valence-electron chi connectivity index (χ2n) is 18.5. The number of fused-ring (bicyclic) bond motifs is 12. The number of furan rings is 2. The van der Waals surface area contributed by atoms with Crippen LogP contribution in [-0.2, 0) is 5.41 Å². The maximum Gasteiger partial charge on any atom is 0.160 e. The molecule has 1 aliphatic carbocycles. The quantitative estimate of drug-likeness (QED) is 0.118. The van der Waals surface area contributed by atoms with Crippen LogP contribution >= 0.6 is 0 Å². The van der Waals surface area contributed by atoms with Crippen molar-refractivity contribution in [2.75, 3.05) is 0 Å². The van der Waals surface area contributed by atoms with Crippen LogP contribution in [0.4, 0.5) is 0 Å². The van der Waals surface area contributed by atoms with Gasteiger partial charge in [-0.15, -0.1) is 0 Å². The van der Waals surface area contributed by atoms with Crippen molar-refractivity contribution in [3.05, 3.63) is 229 Å². The Balaban J connectivity index is 0.874. The van der Waals surface area contributed by atoms with E-state index in [-0.39, 0.29) is 5.41 Å². The molecule has 0 spiro atoms. The maximum atomic E-state index is 6.35. The zero-order valence-electron chi connectivity index (χ0n) is 38.0. The fourth-order valence-electron chi connectivity index (χ4n) is 10.7. The molecular formula is C63H45N3O2. The van der Waals surface area contributed by atoms with E-state index in [0.717, 1.165) is 77.6 Å². The minimum Gasteiger partial charge on any atom is -0.456 e. The Hall–Kier alpha value is -8.54. The number of nitrogens with zero attached hydrogens (tertiary/aromatic N) is 3. The maximum absolute atomic E-state index is 6.35. The zero-order valence-corrected chi connectivity index (χ0v) is 38.0. The van der Waals surface area contributed by atoms with Gasteiger partial charge in [0.2, 0.25) is 0 Å². The van der Waals surface area contributed by atoms with Gasteiger partial charge in [-0.05, 0) is 124 Å². The van der Waals surface area contributed by atoms with E-state index in [1.807, 2.05) is 54.6 Å². The van der Waals surface area contributed by atoms with E-state index >= 15 is 0 Å². The Labute approximate surface area is 393 Å². The molecule has 324 valence electrons. The van der Waals surface area contributed by atoms with Crippen LogP contribution in [0.15, 0.2) is 220 Å². The molecule has 0 N–H and O–H groups in total. The second kappa shape index (κ2) is 15.3. The van der Waals surface area contributed by atoms with Crippen molar-refractivity contribution < 1.29 is 8.83 Å². The predicted molar refractivity (Wildman–Crippen MR) is 284 cm³/mol.